The van der Waals surface area contributed by atoms with Crippen LogP contribution in [-0.4, -0.2) is 23.7 Å². The standard InChI is InChI=1S/C28H24F3N3/c1-28(2,31)26(22-11-24(29)13-25(30)12-22)23-16-34(17-23)27(20-8-6-18(14-32)7-9-20)21-5-3-4-19(10-21)15-33/h3-13,23,26-27H,16-17H2,1-2H3/t26-,27+/m1/s1. The average Bonchev–Trinajstić information content (AvgIpc) is 2.76. The van der Waals surface area contributed by atoms with Crippen LogP contribution in [0.25, 0.3) is 0 Å². The van der Waals surface area contributed by atoms with E-state index in [1.165, 1.54) is 26.0 Å². The van der Waals surface area contributed by atoms with Gasteiger partial charge < -0.3 is 0 Å². The van der Waals surface area contributed by atoms with Gasteiger partial charge in [-0.2, -0.15) is 10.5 Å². The molecular formula is C28H24F3N3. The summed E-state index contributed by atoms with van der Waals surface area (Å²) in [7, 11) is 0. The van der Waals surface area contributed by atoms with Gasteiger partial charge in [-0.05, 0) is 72.9 Å². The number of halogens is 3. The molecule has 2 atom stereocenters. The van der Waals surface area contributed by atoms with Gasteiger partial charge in [0.2, 0.25) is 0 Å². The molecular weight excluding hydrogens is 435 g/mol. The third-order valence-corrected chi connectivity index (χ3v) is 6.45. The van der Waals surface area contributed by atoms with Crippen molar-refractivity contribution < 1.29 is 13.2 Å². The molecule has 0 unspecified atom stereocenters. The smallest absolute Gasteiger partial charge is 0.126 e. The summed E-state index contributed by atoms with van der Waals surface area (Å²) in [4.78, 5) is 2.16. The molecule has 1 saturated heterocycles. The molecule has 3 nitrogen and oxygen atoms in total. The summed E-state index contributed by atoms with van der Waals surface area (Å²) in [5, 5.41) is 18.5. The number of benzene rings is 3. The number of hydrogen-bond donors (Lipinski definition) is 0. The molecule has 0 radical (unpaired) electrons. The van der Waals surface area contributed by atoms with Gasteiger partial charge in [-0.1, -0.05) is 24.3 Å². The van der Waals surface area contributed by atoms with Crippen LogP contribution in [0.2, 0.25) is 0 Å². The predicted octanol–water partition coefficient (Wildman–Crippen LogP) is 6.26. The summed E-state index contributed by atoms with van der Waals surface area (Å²) in [5.74, 6) is -2.27. The Morgan fingerprint density at radius 1 is 0.824 bits per heavy atom. The van der Waals surface area contributed by atoms with E-state index in [1.807, 2.05) is 30.3 Å². The van der Waals surface area contributed by atoms with Crippen LogP contribution in [0, 0.1) is 40.2 Å². The normalized spacial score (nSPS) is 16.2. The zero-order valence-electron chi connectivity index (χ0n) is 19.0. The van der Waals surface area contributed by atoms with Crippen LogP contribution < -0.4 is 0 Å². The fourth-order valence-corrected chi connectivity index (χ4v) is 5.09. The van der Waals surface area contributed by atoms with Gasteiger partial charge in [0.25, 0.3) is 0 Å². The van der Waals surface area contributed by atoms with Crippen LogP contribution in [0.15, 0.2) is 66.7 Å². The lowest BCUT2D eigenvalue weighted by atomic mass is 9.72. The van der Waals surface area contributed by atoms with Gasteiger partial charge in [0, 0.05) is 25.1 Å². The fraction of sp³-hybridized carbons (Fsp3) is 0.286. The maximum absolute atomic E-state index is 15.3. The minimum absolute atomic E-state index is 0.152. The second-order valence-corrected chi connectivity index (χ2v) is 9.33. The highest BCUT2D eigenvalue weighted by Crippen LogP contribution is 2.45. The van der Waals surface area contributed by atoms with E-state index in [0.29, 0.717) is 29.8 Å². The highest BCUT2D eigenvalue weighted by Gasteiger charge is 2.45. The van der Waals surface area contributed by atoms with Crippen molar-refractivity contribution in [3.63, 3.8) is 0 Å². The summed E-state index contributed by atoms with van der Waals surface area (Å²) in [6.07, 6.45) is 0. The van der Waals surface area contributed by atoms with Gasteiger partial charge >= 0.3 is 0 Å². The van der Waals surface area contributed by atoms with Gasteiger partial charge in [-0.15, -0.1) is 0 Å². The van der Waals surface area contributed by atoms with Crippen molar-refractivity contribution >= 4 is 0 Å². The molecule has 1 fully saturated rings. The Hall–Kier alpha value is -3.61. The second-order valence-electron chi connectivity index (χ2n) is 9.33. The molecule has 0 N–H and O–H groups in total. The summed E-state index contributed by atoms with van der Waals surface area (Å²) < 4.78 is 43.1. The van der Waals surface area contributed by atoms with Crippen molar-refractivity contribution in [1.29, 1.82) is 10.5 Å². The Labute approximate surface area is 197 Å². The zero-order chi connectivity index (χ0) is 24.5. The number of rotatable bonds is 6. The van der Waals surface area contributed by atoms with Crippen molar-refractivity contribution in [3.8, 4) is 12.1 Å². The molecule has 1 aliphatic rings. The van der Waals surface area contributed by atoms with Gasteiger partial charge in [0.1, 0.15) is 17.3 Å². The van der Waals surface area contributed by atoms with Gasteiger partial charge in [-0.3, -0.25) is 4.90 Å². The Morgan fingerprint density at radius 2 is 1.44 bits per heavy atom. The number of hydrogen-bond acceptors (Lipinski definition) is 3. The Morgan fingerprint density at radius 3 is 2.00 bits per heavy atom. The monoisotopic (exact) mass is 459 g/mol. The predicted molar refractivity (Wildman–Crippen MR) is 124 cm³/mol. The lowest BCUT2D eigenvalue weighted by molar-refractivity contribution is 0.00804. The first-order valence-electron chi connectivity index (χ1n) is 11.1. The Kier molecular flexibility index (Phi) is 6.46. The lowest BCUT2D eigenvalue weighted by Gasteiger charge is -2.50. The van der Waals surface area contributed by atoms with Crippen LogP contribution >= 0.6 is 0 Å². The highest BCUT2D eigenvalue weighted by molar-refractivity contribution is 5.41. The number of alkyl halides is 1. The molecule has 0 aliphatic carbocycles. The molecule has 1 heterocycles. The fourth-order valence-electron chi connectivity index (χ4n) is 5.09. The highest BCUT2D eigenvalue weighted by atomic mass is 19.1. The second kappa shape index (κ2) is 9.33. The average molecular weight is 460 g/mol. The number of nitrogens with zero attached hydrogens (tertiary/aromatic N) is 3. The van der Waals surface area contributed by atoms with Crippen LogP contribution in [0.3, 0.4) is 0 Å². The summed E-state index contributed by atoms with van der Waals surface area (Å²) in [5.41, 5.74) is 1.57. The minimum Gasteiger partial charge on any atom is -0.292 e. The van der Waals surface area contributed by atoms with Gasteiger partial charge in [0.15, 0.2) is 0 Å². The molecule has 0 spiro atoms. The Balaban J connectivity index is 1.66. The number of likely N-dealkylation sites (tertiary alicyclic amines) is 1. The van der Waals surface area contributed by atoms with E-state index in [-0.39, 0.29) is 12.0 Å². The molecule has 172 valence electrons. The molecule has 1 aliphatic heterocycles. The molecule has 0 saturated carbocycles. The molecule has 0 amide bonds. The zero-order valence-corrected chi connectivity index (χ0v) is 19.0. The Bertz CT molecular complexity index is 1240. The summed E-state index contributed by atoms with van der Waals surface area (Å²) in [6.45, 7) is 3.91. The topological polar surface area (TPSA) is 50.8 Å². The summed E-state index contributed by atoms with van der Waals surface area (Å²) >= 11 is 0. The van der Waals surface area contributed by atoms with Crippen molar-refractivity contribution in [1.82, 2.24) is 4.90 Å². The van der Waals surface area contributed by atoms with Crippen LogP contribution in [0.4, 0.5) is 13.2 Å². The van der Waals surface area contributed by atoms with E-state index in [1.54, 1.807) is 18.2 Å². The van der Waals surface area contributed by atoms with Gasteiger partial charge in [0.05, 0.1) is 29.3 Å². The van der Waals surface area contributed by atoms with E-state index in [0.717, 1.165) is 17.2 Å². The first-order chi connectivity index (χ1) is 16.2. The molecule has 34 heavy (non-hydrogen) atoms. The van der Waals surface area contributed by atoms with Crippen LogP contribution in [-0.2, 0) is 0 Å². The van der Waals surface area contributed by atoms with Crippen molar-refractivity contribution in [3.05, 3.63) is 106 Å². The third kappa shape index (κ3) is 4.83. The maximum atomic E-state index is 15.3. The molecule has 4 rings (SSSR count). The molecule has 0 bridgehead atoms. The first-order valence-corrected chi connectivity index (χ1v) is 11.1. The lowest BCUT2D eigenvalue weighted by Crippen LogP contribution is -2.53. The molecule has 3 aromatic carbocycles. The quantitative estimate of drug-likeness (QED) is 0.437. The van der Waals surface area contributed by atoms with Gasteiger partial charge in [-0.25, -0.2) is 13.2 Å². The number of nitriles is 2. The van der Waals surface area contributed by atoms with E-state index >= 15 is 4.39 Å². The van der Waals surface area contributed by atoms with Crippen molar-refractivity contribution in [2.24, 2.45) is 5.92 Å². The van der Waals surface area contributed by atoms with E-state index in [2.05, 4.69) is 17.0 Å². The maximum Gasteiger partial charge on any atom is 0.126 e. The van der Waals surface area contributed by atoms with Crippen molar-refractivity contribution in [2.75, 3.05) is 13.1 Å². The third-order valence-electron chi connectivity index (χ3n) is 6.45. The minimum atomic E-state index is -1.68. The molecule has 6 heteroatoms. The first kappa shape index (κ1) is 23.5. The van der Waals surface area contributed by atoms with Crippen LogP contribution in [0.1, 0.15) is 53.6 Å². The van der Waals surface area contributed by atoms with E-state index in [4.69, 9.17) is 5.26 Å². The molecule has 3 aromatic rings. The largest absolute Gasteiger partial charge is 0.292 e. The van der Waals surface area contributed by atoms with Crippen LogP contribution in [0.5, 0.6) is 0 Å². The molecule has 0 aromatic heterocycles. The summed E-state index contributed by atoms with van der Waals surface area (Å²) in [6, 6.07) is 21.9. The SMILES string of the molecule is CC(C)(F)[C@H](c1cc(F)cc(F)c1)C1CN([C@@H](c2ccc(C#N)cc2)c2cccc(C#N)c2)C1. The van der Waals surface area contributed by atoms with E-state index < -0.39 is 23.2 Å². The van der Waals surface area contributed by atoms with E-state index in [9.17, 15) is 14.0 Å². The van der Waals surface area contributed by atoms with Crippen molar-refractivity contribution in [2.45, 2.75) is 31.5 Å².